The van der Waals surface area contributed by atoms with E-state index < -0.39 is 0 Å². The maximum absolute atomic E-state index is 11.5. The molecule has 0 spiro atoms. The number of hydrogen-bond acceptors (Lipinski definition) is 3. The van der Waals surface area contributed by atoms with Crippen LogP contribution < -0.4 is 15.0 Å². The monoisotopic (exact) mass is 232 g/mol. The van der Waals surface area contributed by atoms with Crippen molar-refractivity contribution >= 4 is 11.6 Å². The third-order valence-electron chi connectivity index (χ3n) is 2.26. The van der Waals surface area contributed by atoms with Crippen molar-refractivity contribution in [3.05, 3.63) is 24.3 Å². The van der Waals surface area contributed by atoms with Crippen molar-refractivity contribution in [2.75, 3.05) is 32.1 Å². The third kappa shape index (κ3) is 4.07. The Kier molecular flexibility index (Phi) is 4.89. The van der Waals surface area contributed by atoms with Gasteiger partial charge in [-0.2, -0.15) is 0 Å². The van der Waals surface area contributed by atoms with Crippen molar-refractivity contribution in [1.82, 2.24) is 5.32 Å². The molecule has 90 valence electrons. The molecule has 1 aromatic carbocycles. The molecule has 0 aliphatic heterocycles. The Hall–Kier alpha value is -2.15. The number of anilines is 1. The van der Waals surface area contributed by atoms with Gasteiger partial charge in [-0.15, -0.1) is 6.42 Å². The third-order valence-corrected chi connectivity index (χ3v) is 2.26. The summed E-state index contributed by atoms with van der Waals surface area (Å²) in [6, 6.07) is 7.52. The quantitative estimate of drug-likeness (QED) is 0.766. The molecule has 1 N–H and O–H groups in total. The maximum atomic E-state index is 11.5. The molecule has 0 radical (unpaired) electrons. The molecule has 1 rings (SSSR count). The molecule has 0 fully saturated rings. The lowest BCUT2D eigenvalue weighted by Crippen LogP contribution is -2.35. The number of carbonyl (C=O) groups excluding carboxylic acids is 1. The molecular formula is C13H16N2O2. The van der Waals surface area contributed by atoms with E-state index in [1.807, 2.05) is 36.2 Å². The predicted molar refractivity (Wildman–Crippen MR) is 68.1 cm³/mol. The van der Waals surface area contributed by atoms with E-state index in [0.29, 0.717) is 0 Å². The lowest BCUT2D eigenvalue weighted by atomic mass is 10.3. The van der Waals surface area contributed by atoms with Gasteiger partial charge in [0.2, 0.25) is 5.91 Å². The zero-order valence-corrected chi connectivity index (χ0v) is 10.1. The van der Waals surface area contributed by atoms with Gasteiger partial charge in [0, 0.05) is 18.8 Å². The van der Waals surface area contributed by atoms with Crippen LogP contribution in [0.5, 0.6) is 5.75 Å². The van der Waals surface area contributed by atoms with Crippen LogP contribution in [0.2, 0.25) is 0 Å². The number of rotatable bonds is 5. The van der Waals surface area contributed by atoms with Gasteiger partial charge in [0.15, 0.2) is 0 Å². The lowest BCUT2D eigenvalue weighted by Gasteiger charge is -2.18. The molecule has 1 amide bonds. The number of ether oxygens (including phenoxy) is 1. The normalized spacial score (nSPS) is 9.24. The van der Waals surface area contributed by atoms with Crippen LogP contribution in [0.1, 0.15) is 0 Å². The molecule has 1 aromatic rings. The summed E-state index contributed by atoms with van der Waals surface area (Å²) in [5.74, 6) is 3.02. The standard InChI is InChI=1S/C13H16N2O2/c1-4-8-14-13(16)10-15(2)11-6-5-7-12(9-11)17-3/h1,5-7,9H,8,10H2,2-3H3,(H,14,16). The molecule has 17 heavy (non-hydrogen) atoms. The minimum absolute atomic E-state index is 0.103. The summed E-state index contributed by atoms with van der Waals surface area (Å²) in [6.45, 7) is 0.514. The number of terminal acetylenes is 1. The highest BCUT2D eigenvalue weighted by atomic mass is 16.5. The van der Waals surface area contributed by atoms with Crippen molar-refractivity contribution in [2.45, 2.75) is 0 Å². The van der Waals surface area contributed by atoms with E-state index in [1.165, 1.54) is 0 Å². The number of nitrogens with zero attached hydrogens (tertiary/aromatic N) is 1. The summed E-state index contributed by atoms with van der Waals surface area (Å²) in [5.41, 5.74) is 0.917. The van der Waals surface area contributed by atoms with Crippen LogP contribution in [0.15, 0.2) is 24.3 Å². The van der Waals surface area contributed by atoms with E-state index in [9.17, 15) is 4.79 Å². The number of hydrogen-bond donors (Lipinski definition) is 1. The second kappa shape index (κ2) is 6.44. The number of carbonyl (C=O) groups is 1. The van der Waals surface area contributed by atoms with Gasteiger partial charge in [-0.3, -0.25) is 4.79 Å². The van der Waals surface area contributed by atoms with E-state index in [4.69, 9.17) is 11.2 Å². The second-order valence-electron chi connectivity index (χ2n) is 3.54. The number of benzene rings is 1. The molecule has 0 aliphatic carbocycles. The van der Waals surface area contributed by atoms with Crippen LogP contribution in [0.3, 0.4) is 0 Å². The Bertz CT molecular complexity index is 424. The summed E-state index contributed by atoms with van der Waals surface area (Å²) in [7, 11) is 3.45. The summed E-state index contributed by atoms with van der Waals surface area (Å²) >= 11 is 0. The summed E-state index contributed by atoms with van der Waals surface area (Å²) in [4.78, 5) is 13.3. The SMILES string of the molecule is C#CCNC(=O)CN(C)c1cccc(OC)c1. The van der Waals surface area contributed by atoms with Gasteiger partial charge in [0.25, 0.3) is 0 Å². The van der Waals surface area contributed by atoms with Gasteiger partial charge in [-0.25, -0.2) is 0 Å². The zero-order valence-electron chi connectivity index (χ0n) is 10.1. The zero-order chi connectivity index (χ0) is 12.7. The van der Waals surface area contributed by atoms with Gasteiger partial charge in [0.05, 0.1) is 20.2 Å². The average Bonchev–Trinajstić information content (AvgIpc) is 2.36. The topological polar surface area (TPSA) is 41.6 Å². The van der Waals surface area contributed by atoms with Gasteiger partial charge in [-0.05, 0) is 12.1 Å². The summed E-state index contributed by atoms with van der Waals surface area (Å²) < 4.78 is 5.12. The summed E-state index contributed by atoms with van der Waals surface area (Å²) in [5, 5.41) is 2.61. The predicted octanol–water partition coefficient (Wildman–Crippen LogP) is 0.881. The van der Waals surface area contributed by atoms with Crippen molar-refractivity contribution in [1.29, 1.82) is 0 Å². The van der Waals surface area contributed by atoms with Gasteiger partial charge >= 0.3 is 0 Å². The van der Waals surface area contributed by atoms with E-state index in [0.717, 1.165) is 11.4 Å². The largest absolute Gasteiger partial charge is 0.497 e. The minimum Gasteiger partial charge on any atom is -0.497 e. The van der Waals surface area contributed by atoms with Gasteiger partial charge in [0.1, 0.15) is 5.75 Å². The number of amides is 1. The van der Waals surface area contributed by atoms with Crippen molar-refractivity contribution in [3.8, 4) is 18.1 Å². The lowest BCUT2D eigenvalue weighted by molar-refractivity contribution is -0.119. The molecule has 0 unspecified atom stereocenters. The Morgan fingerprint density at radius 2 is 2.35 bits per heavy atom. The first-order valence-corrected chi connectivity index (χ1v) is 5.22. The van der Waals surface area contributed by atoms with Crippen molar-refractivity contribution in [3.63, 3.8) is 0 Å². The average molecular weight is 232 g/mol. The highest BCUT2D eigenvalue weighted by Crippen LogP contribution is 2.19. The Labute approximate surface area is 102 Å². The Balaban J connectivity index is 2.60. The molecule has 0 heterocycles. The molecule has 0 saturated carbocycles. The van der Waals surface area contributed by atoms with Crippen LogP contribution in [0.4, 0.5) is 5.69 Å². The maximum Gasteiger partial charge on any atom is 0.240 e. The molecule has 4 heteroatoms. The molecule has 4 nitrogen and oxygen atoms in total. The van der Waals surface area contributed by atoms with E-state index >= 15 is 0 Å². The molecule has 0 atom stereocenters. The molecule has 0 saturated heterocycles. The van der Waals surface area contributed by atoms with Gasteiger partial charge in [-0.1, -0.05) is 12.0 Å². The highest BCUT2D eigenvalue weighted by molar-refractivity contribution is 5.81. The van der Waals surface area contributed by atoms with Crippen LogP contribution >= 0.6 is 0 Å². The first-order chi connectivity index (χ1) is 8.17. The first-order valence-electron chi connectivity index (χ1n) is 5.22. The van der Waals surface area contributed by atoms with Crippen molar-refractivity contribution in [2.24, 2.45) is 0 Å². The Morgan fingerprint density at radius 3 is 3.00 bits per heavy atom. The van der Waals surface area contributed by atoms with Crippen molar-refractivity contribution < 1.29 is 9.53 Å². The van der Waals surface area contributed by atoms with Crippen LogP contribution in [-0.4, -0.2) is 33.2 Å². The smallest absolute Gasteiger partial charge is 0.240 e. The fourth-order valence-corrected chi connectivity index (χ4v) is 1.36. The minimum atomic E-state index is -0.103. The molecule has 0 aromatic heterocycles. The van der Waals surface area contributed by atoms with Crippen LogP contribution in [0.25, 0.3) is 0 Å². The fourth-order valence-electron chi connectivity index (χ4n) is 1.36. The molecular weight excluding hydrogens is 216 g/mol. The van der Waals surface area contributed by atoms with E-state index in [2.05, 4.69) is 11.2 Å². The first kappa shape index (κ1) is 12.9. The van der Waals surface area contributed by atoms with Crippen LogP contribution in [0, 0.1) is 12.3 Å². The number of likely N-dealkylation sites (N-methyl/N-ethyl adjacent to an activating group) is 1. The number of methoxy groups -OCH3 is 1. The van der Waals surface area contributed by atoms with Crippen LogP contribution in [-0.2, 0) is 4.79 Å². The fraction of sp³-hybridized carbons (Fsp3) is 0.308. The number of nitrogens with one attached hydrogen (secondary N) is 1. The van der Waals surface area contributed by atoms with E-state index in [-0.39, 0.29) is 19.0 Å². The molecule has 0 aliphatic rings. The highest BCUT2D eigenvalue weighted by Gasteiger charge is 2.07. The Morgan fingerprint density at radius 1 is 1.59 bits per heavy atom. The summed E-state index contributed by atoms with van der Waals surface area (Å²) in [6.07, 6.45) is 5.06. The molecule has 0 bridgehead atoms. The second-order valence-corrected chi connectivity index (χ2v) is 3.54. The van der Waals surface area contributed by atoms with Gasteiger partial charge < -0.3 is 15.0 Å². The van der Waals surface area contributed by atoms with E-state index in [1.54, 1.807) is 7.11 Å².